The van der Waals surface area contributed by atoms with Gasteiger partial charge in [-0.25, -0.2) is 0 Å². The maximum atomic E-state index is 5.95. The van der Waals surface area contributed by atoms with Gasteiger partial charge in [-0.3, -0.25) is 15.0 Å². The van der Waals surface area contributed by atoms with Crippen LogP contribution in [0.25, 0.3) is 64.6 Å². The Hall–Kier alpha value is -7.36. The van der Waals surface area contributed by atoms with Crippen LogP contribution in [0.5, 0.6) is 0 Å². The van der Waals surface area contributed by atoms with Gasteiger partial charge in [0, 0.05) is 33.9 Å². The number of benzene rings is 9. The third-order valence-corrected chi connectivity index (χ3v) is 13.2. The van der Waals surface area contributed by atoms with Crippen molar-refractivity contribution in [2.45, 2.75) is 17.8 Å². The second kappa shape index (κ2) is 15.5. The first kappa shape index (κ1) is 38.3. The monoisotopic (exact) mass is 991 g/mol. The zero-order valence-electron chi connectivity index (χ0n) is 34.5. The first-order chi connectivity index (χ1) is 31.2. The normalized spacial score (nSPS) is 15.8. The fraction of sp³-hybridized carbons (Fsp3) is 0.0500. The van der Waals surface area contributed by atoms with Crippen LogP contribution >= 0.6 is 0 Å². The first-order valence-corrected chi connectivity index (χ1v) is 21.6. The van der Waals surface area contributed by atoms with E-state index in [1.807, 2.05) is 0 Å². The molecule has 1 aliphatic heterocycles. The number of hydrogen-bond acceptors (Lipinski definition) is 3. The zero-order chi connectivity index (χ0) is 41.4. The van der Waals surface area contributed by atoms with Crippen molar-refractivity contribution in [2.24, 2.45) is 0 Å². The summed E-state index contributed by atoms with van der Waals surface area (Å²) in [5.41, 5.74) is 8.65. The zero-order valence-corrected chi connectivity index (χ0v) is 36.9. The van der Waals surface area contributed by atoms with E-state index in [0.29, 0.717) is 0 Å². The standard InChI is InChI=1S/C60H36N3.Ir/c1-7-25-43-37(16-1)22-13-31-49(43)55-52-34-40-19-5-11-29-47(40)59(61-52)57(51-33-15-24-39-18-3-9-27-45(39)51)54-36-42-21-6-12-30-48(42)60(63-54)56(50-32-14-23-38-17-2-8-26-44(38)50)53-35-41-20-4-10-28-46(41)58(55)62-53;/h1-30,34-36,55-57H;/q-3;+3. The van der Waals surface area contributed by atoms with E-state index in [2.05, 4.69) is 218 Å². The summed E-state index contributed by atoms with van der Waals surface area (Å²) in [4.78, 5) is 17.8. The smallest absolute Gasteiger partial charge is 0.255 e. The predicted molar refractivity (Wildman–Crippen MR) is 256 cm³/mol. The summed E-state index contributed by atoms with van der Waals surface area (Å²) < 4.78 is 0. The van der Waals surface area contributed by atoms with Gasteiger partial charge in [-0.1, -0.05) is 127 Å². The molecule has 0 amide bonds. The number of fused-ring (bicyclic) bond motifs is 15. The van der Waals surface area contributed by atoms with Crippen LogP contribution in [0.15, 0.2) is 200 Å². The van der Waals surface area contributed by atoms with Crippen LogP contribution in [0.3, 0.4) is 0 Å². The minimum Gasteiger partial charge on any atom is -0.255 e. The number of nitrogens with zero attached hydrogens (tertiary/aromatic N) is 3. The summed E-state index contributed by atoms with van der Waals surface area (Å²) >= 11 is 0. The SMILES string of the molecule is [Ir+3].[c-]1ccc2ccccc2c1C1c2cc3ccccc3c(n2)C(c2[c-]ccc3ccccc23)c2cc3ccccc3c(n2)C(c2[c-]ccc3ccccc23)c2cc3ccccc3c1n2. The molecular formula is C60H36IrN3. The van der Waals surface area contributed by atoms with E-state index in [9.17, 15) is 0 Å². The van der Waals surface area contributed by atoms with Gasteiger partial charge in [-0.15, -0.1) is 67.2 Å². The van der Waals surface area contributed by atoms with E-state index in [1.54, 1.807) is 0 Å². The van der Waals surface area contributed by atoms with Gasteiger partial charge in [0.25, 0.3) is 0 Å². The molecule has 1 aliphatic rings. The van der Waals surface area contributed by atoms with Crippen LogP contribution in [-0.4, -0.2) is 15.0 Å². The molecule has 6 bridgehead atoms. The summed E-state index contributed by atoms with van der Waals surface area (Å²) in [6.07, 6.45) is 0. The second-order valence-electron chi connectivity index (χ2n) is 16.7. The third kappa shape index (κ3) is 6.09. The van der Waals surface area contributed by atoms with Crippen molar-refractivity contribution in [3.8, 4) is 0 Å². The summed E-state index contributed by atoms with van der Waals surface area (Å²) in [7, 11) is 0. The van der Waals surface area contributed by atoms with Crippen molar-refractivity contribution in [3.63, 3.8) is 0 Å². The average molecular weight is 991 g/mol. The quantitative estimate of drug-likeness (QED) is 0.166. The van der Waals surface area contributed by atoms with Gasteiger partial charge >= 0.3 is 20.1 Å². The van der Waals surface area contributed by atoms with Gasteiger partial charge in [-0.05, 0) is 34.4 Å². The molecule has 4 heteroatoms. The molecule has 3 nitrogen and oxygen atoms in total. The Morgan fingerprint density at radius 1 is 0.281 bits per heavy atom. The number of pyridine rings is 3. The van der Waals surface area contributed by atoms with E-state index in [4.69, 9.17) is 15.0 Å². The summed E-state index contributed by atoms with van der Waals surface area (Å²) in [6.45, 7) is 0. The summed E-state index contributed by atoms with van der Waals surface area (Å²) in [6, 6.07) is 82.8. The molecule has 0 spiro atoms. The number of hydrogen-bond donors (Lipinski definition) is 0. The van der Waals surface area contributed by atoms with Crippen LogP contribution in [-0.2, 0) is 20.1 Å². The van der Waals surface area contributed by atoms with Crippen LogP contribution in [0.2, 0.25) is 0 Å². The minimum atomic E-state index is -0.388. The molecule has 13 rings (SSSR count). The Labute approximate surface area is 384 Å². The van der Waals surface area contributed by atoms with Crippen LogP contribution < -0.4 is 0 Å². The fourth-order valence-corrected chi connectivity index (χ4v) is 10.4. The molecule has 3 unspecified atom stereocenters. The van der Waals surface area contributed by atoms with E-state index in [1.165, 1.54) is 0 Å². The van der Waals surface area contributed by atoms with Crippen LogP contribution in [0.4, 0.5) is 0 Å². The summed E-state index contributed by atoms with van der Waals surface area (Å²) in [5, 5.41) is 13.4. The molecule has 0 aliphatic carbocycles. The molecule has 3 aromatic heterocycles. The van der Waals surface area contributed by atoms with Gasteiger partial charge in [0.15, 0.2) is 0 Å². The third-order valence-electron chi connectivity index (χ3n) is 13.2. The van der Waals surface area contributed by atoms with Crippen LogP contribution in [0, 0.1) is 18.2 Å². The molecule has 300 valence electrons. The van der Waals surface area contributed by atoms with Crippen molar-refractivity contribution >= 4 is 64.6 Å². The van der Waals surface area contributed by atoms with Gasteiger partial charge in [-0.2, -0.15) is 54.6 Å². The average Bonchev–Trinajstić information content (AvgIpc) is 3.34. The molecule has 3 atom stereocenters. The predicted octanol–water partition coefficient (Wildman–Crippen LogP) is 14.0. The molecule has 4 heterocycles. The summed E-state index contributed by atoms with van der Waals surface area (Å²) in [5.74, 6) is -1.16. The molecule has 0 saturated heterocycles. The second-order valence-corrected chi connectivity index (χ2v) is 16.7. The molecule has 0 saturated carbocycles. The molecule has 0 fully saturated rings. The van der Waals surface area contributed by atoms with Crippen molar-refractivity contribution in [1.29, 1.82) is 0 Å². The Balaban J connectivity index is 0.00000433. The molecule has 64 heavy (non-hydrogen) atoms. The number of rotatable bonds is 3. The maximum Gasteiger partial charge on any atom is 3.00 e. The molecule has 9 aromatic carbocycles. The van der Waals surface area contributed by atoms with E-state index in [-0.39, 0.29) is 37.9 Å². The molecule has 12 aromatic rings. The topological polar surface area (TPSA) is 38.7 Å². The fourth-order valence-electron chi connectivity index (χ4n) is 10.4. The van der Waals surface area contributed by atoms with Gasteiger partial charge in [0.05, 0.1) is 34.2 Å². The molecule has 0 N–H and O–H groups in total. The molecule has 0 radical (unpaired) electrons. The number of aromatic nitrogens is 3. The van der Waals surface area contributed by atoms with E-state index in [0.717, 1.165) is 115 Å². The van der Waals surface area contributed by atoms with Gasteiger partial charge < -0.3 is 0 Å². The Kier molecular flexibility index (Phi) is 9.26. The van der Waals surface area contributed by atoms with Crippen molar-refractivity contribution < 1.29 is 20.1 Å². The largest absolute Gasteiger partial charge is 3.00 e. The Bertz CT molecular complexity index is 3390. The van der Waals surface area contributed by atoms with Gasteiger partial charge in [0.2, 0.25) is 0 Å². The van der Waals surface area contributed by atoms with E-state index >= 15 is 0 Å². The van der Waals surface area contributed by atoms with Gasteiger partial charge in [0.1, 0.15) is 0 Å². The maximum absolute atomic E-state index is 5.95. The minimum absolute atomic E-state index is 0. The van der Waals surface area contributed by atoms with Crippen molar-refractivity contribution in [1.82, 2.24) is 15.0 Å². The van der Waals surface area contributed by atoms with Crippen molar-refractivity contribution in [3.05, 3.63) is 269 Å². The molecular weight excluding hydrogens is 955 g/mol. The Morgan fingerprint density at radius 3 is 0.828 bits per heavy atom. The van der Waals surface area contributed by atoms with Crippen molar-refractivity contribution in [2.75, 3.05) is 0 Å². The first-order valence-electron chi connectivity index (χ1n) is 21.6. The van der Waals surface area contributed by atoms with E-state index < -0.39 is 0 Å². The Morgan fingerprint density at radius 2 is 0.531 bits per heavy atom. The van der Waals surface area contributed by atoms with Crippen LogP contribution in [0.1, 0.15) is 68.6 Å².